The Morgan fingerprint density at radius 2 is 1.79 bits per heavy atom. The summed E-state index contributed by atoms with van der Waals surface area (Å²) in [7, 11) is 0. The first kappa shape index (κ1) is 14.7. The molecule has 2 saturated heterocycles. The smallest absolute Gasteiger partial charge is 0.119 e. The molecular weight excluding hydrogens is 304 g/mol. The fraction of sp³-hybridized carbons (Fsp3) is 0.500. The van der Waals surface area contributed by atoms with Crippen LogP contribution in [0.15, 0.2) is 48.1 Å². The molecule has 4 nitrogen and oxygen atoms in total. The van der Waals surface area contributed by atoms with E-state index in [2.05, 4.69) is 30.4 Å². The molecule has 0 bridgehead atoms. The van der Waals surface area contributed by atoms with Gasteiger partial charge < -0.3 is 18.9 Å². The summed E-state index contributed by atoms with van der Waals surface area (Å²) in [6, 6.07) is 8.39. The standard InChI is InChI=1S/C20H22O4/c1-3-17(21-10-18-11-22-18)4-2-14(1)7-15-5-6-20(9-16(20)8-15)24-13-19-12-23-19/h1-6,8,16,18-19H,7,9-13H2. The molecule has 4 heteroatoms. The van der Waals surface area contributed by atoms with E-state index in [1.54, 1.807) is 0 Å². The van der Waals surface area contributed by atoms with Crippen LogP contribution in [0.5, 0.6) is 5.75 Å². The lowest BCUT2D eigenvalue weighted by Crippen LogP contribution is -2.19. The molecule has 1 aromatic carbocycles. The first-order chi connectivity index (χ1) is 11.8. The third-order valence-corrected chi connectivity index (χ3v) is 5.11. The number of rotatable bonds is 8. The minimum atomic E-state index is -0.0297. The quantitative estimate of drug-likeness (QED) is 0.689. The minimum Gasteiger partial charge on any atom is -0.491 e. The maximum Gasteiger partial charge on any atom is 0.119 e. The van der Waals surface area contributed by atoms with Gasteiger partial charge in [-0.1, -0.05) is 30.4 Å². The Labute approximate surface area is 142 Å². The van der Waals surface area contributed by atoms with Crippen LogP contribution in [0.25, 0.3) is 0 Å². The average Bonchev–Trinajstić information content (AvgIpc) is 3.44. The highest BCUT2D eigenvalue weighted by molar-refractivity contribution is 5.41. The number of ether oxygens (including phenoxy) is 4. The van der Waals surface area contributed by atoms with E-state index in [1.807, 2.05) is 12.1 Å². The van der Waals surface area contributed by atoms with E-state index >= 15 is 0 Å². The van der Waals surface area contributed by atoms with Crippen molar-refractivity contribution in [3.63, 3.8) is 0 Å². The Bertz CT molecular complexity index is 669. The molecular formula is C20H22O4. The summed E-state index contributed by atoms with van der Waals surface area (Å²) in [5.41, 5.74) is 2.65. The number of hydrogen-bond donors (Lipinski definition) is 0. The van der Waals surface area contributed by atoms with Crippen LogP contribution in [0, 0.1) is 5.92 Å². The molecule has 0 radical (unpaired) electrons. The van der Waals surface area contributed by atoms with Crippen molar-refractivity contribution >= 4 is 0 Å². The number of benzene rings is 1. The summed E-state index contributed by atoms with van der Waals surface area (Å²) in [5, 5.41) is 0. The average molecular weight is 326 g/mol. The molecule has 4 atom stereocenters. The van der Waals surface area contributed by atoms with Crippen molar-refractivity contribution in [2.45, 2.75) is 30.7 Å². The highest BCUT2D eigenvalue weighted by atomic mass is 16.6. The zero-order valence-electron chi connectivity index (χ0n) is 13.6. The second-order valence-electron chi connectivity index (χ2n) is 7.19. The molecule has 3 fully saturated rings. The summed E-state index contributed by atoms with van der Waals surface area (Å²) in [6.07, 6.45) is 9.56. The van der Waals surface area contributed by atoms with Crippen molar-refractivity contribution in [1.82, 2.24) is 0 Å². The van der Waals surface area contributed by atoms with Crippen LogP contribution >= 0.6 is 0 Å². The Morgan fingerprint density at radius 1 is 1.04 bits per heavy atom. The third-order valence-electron chi connectivity index (χ3n) is 5.11. The number of fused-ring (bicyclic) bond motifs is 1. The van der Waals surface area contributed by atoms with Crippen molar-refractivity contribution in [3.8, 4) is 5.75 Å². The molecule has 24 heavy (non-hydrogen) atoms. The van der Waals surface area contributed by atoms with Gasteiger partial charge in [0.2, 0.25) is 0 Å². The Hall–Kier alpha value is -1.62. The van der Waals surface area contributed by atoms with Crippen molar-refractivity contribution < 1.29 is 18.9 Å². The van der Waals surface area contributed by atoms with Gasteiger partial charge in [-0.15, -0.1) is 0 Å². The molecule has 0 amide bonds. The van der Waals surface area contributed by atoms with E-state index in [-0.39, 0.29) is 5.60 Å². The summed E-state index contributed by atoms with van der Waals surface area (Å²) in [6.45, 7) is 3.08. The van der Waals surface area contributed by atoms with Gasteiger partial charge in [0.1, 0.15) is 24.6 Å². The van der Waals surface area contributed by atoms with Gasteiger partial charge in [-0.25, -0.2) is 0 Å². The van der Waals surface area contributed by atoms with Crippen LogP contribution in [-0.4, -0.2) is 44.2 Å². The molecule has 1 aromatic rings. The summed E-state index contributed by atoms with van der Waals surface area (Å²) >= 11 is 0. The largest absolute Gasteiger partial charge is 0.491 e. The van der Waals surface area contributed by atoms with E-state index < -0.39 is 0 Å². The molecule has 0 N–H and O–H groups in total. The maximum absolute atomic E-state index is 6.05. The topological polar surface area (TPSA) is 43.5 Å². The molecule has 2 aliphatic carbocycles. The fourth-order valence-corrected chi connectivity index (χ4v) is 3.28. The number of allylic oxidation sites excluding steroid dienone is 2. The van der Waals surface area contributed by atoms with Crippen molar-refractivity contribution in [2.75, 3.05) is 26.4 Å². The molecule has 1 saturated carbocycles. The summed E-state index contributed by atoms with van der Waals surface area (Å²) < 4.78 is 22.1. The van der Waals surface area contributed by atoms with Crippen LogP contribution in [-0.2, 0) is 20.6 Å². The lowest BCUT2D eigenvalue weighted by Gasteiger charge is -2.17. The van der Waals surface area contributed by atoms with Gasteiger partial charge in [-0.05, 0) is 36.1 Å². The van der Waals surface area contributed by atoms with E-state index in [0.717, 1.165) is 38.4 Å². The first-order valence-corrected chi connectivity index (χ1v) is 8.78. The molecule has 0 aromatic heterocycles. The third kappa shape index (κ3) is 3.27. The highest BCUT2D eigenvalue weighted by Gasteiger charge is 2.54. The van der Waals surface area contributed by atoms with Crippen molar-refractivity contribution in [2.24, 2.45) is 5.92 Å². The SMILES string of the molecule is C1=CC2(OCC3CO3)CC2C=C1Cc1ccc(OCC2CO2)cc1. The Kier molecular flexibility index (Phi) is 3.51. The molecule has 5 rings (SSSR count). The van der Waals surface area contributed by atoms with Gasteiger partial charge in [0.05, 0.1) is 25.4 Å². The summed E-state index contributed by atoms with van der Waals surface area (Å²) in [4.78, 5) is 0. The Balaban J connectivity index is 1.15. The van der Waals surface area contributed by atoms with Gasteiger partial charge in [0, 0.05) is 5.92 Å². The highest BCUT2D eigenvalue weighted by Crippen LogP contribution is 2.52. The molecule has 2 aliphatic heterocycles. The lowest BCUT2D eigenvalue weighted by molar-refractivity contribution is 0.0475. The van der Waals surface area contributed by atoms with Gasteiger partial charge in [0.25, 0.3) is 0 Å². The first-order valence-electron chi connectivity index (χ1n) is 8.78. The minimum absolute atomic E-state index is 0.0297. The Morgan fingerprint density at radius 3 is 2.50 bits per heavy atom. The molecule has 126 valence electrons. The number of epoxide rings is 2. The van der Waals surface area contributed by atoms with Crippen LogP contribution in [0.2, 0.25) is 0 Å². The van der Waals surface area contributed by atoms with Crippen molar-refractivity contribution in [3.05, 3.63) is 53.6 Å². The monoisotopic (exact) mass is 326 g/mol. The fourth-order valence-electron chi connectivity index (χ4n) is 3.28. The molecule has 4 aliphatic rings. The van der Waals surface area contributed by atoms with Gasteiger partial charge in [-0.2, -0.15) is 0 Å². The van der Waals surface area contributed by atoms with Crippen molar-refractivity contribution in [1.29, 1.82) is 0 Å². The van der Waals surface area contributed by atoms with E-state index in [4.69, 9.17) is 18.9 Å². The van der Waals surface area contributed by atoms with Gasteiger partial charge >= 0.3 is 0 Å². The van der Waals surface area contributed by atoms with Crippen LogP contribution < -0.4 is 4.74 Å². The van der Waals surface area contributed by atoms with E-state index in [0.29, 0.717) is 24.7 Å². The lowest BCUT2D eigenvalue weighted by atomic mass is 9.98. The predicted octanol–water partition coefficient (Wildman–Crippen LogP) is 2.68. The van der Waals surface area contributed by atoms with Crippen LogP contribution in [0.4, 0.5) is 0 Å². The van der Waals surface area contributed by atoms with Gasteiger partial charge in [0.15, 0.2) is 0 Å². The van der Waals surface area contributed by atoms with Gasteiger partial charge in [-0.3, -0.25) is 0 Å². The zero-order valence-corrected chi connectivity index (χ0v) is 13.6. The van der Waals surface area contributed by atoms with Crippen LogP contribution in [0.1, 0.15) is 12.0 Å². The second-order valence-corrected chi connectivity index (χ2v) is 7.19. The van der Waals surface area contributed by atoms with E-state index in [1.165, 1.54) is 11.1 Å². The number of hydrogen-bond acceptors (Lipinski definition) is 4. The molecule has 4 unspecified atom stereocenters. The molecule has 0 spiro atoms. The zero-order chi connectivity index (χ0) is 16.0. The maximum atomic E-state index is 6.05. The summed E-state index contributed by atoms with van der Waals surface area (Å²) in [5.74, 6) is 1.46. The van der Waals surface area contributed by atoms with E-state index in [9.17, 15) is 0 Å². The molecule has 2 heterocycles. The second kappa shape index (κ2) is 5.73. The van der Waals surface area contributed by atoms with Crippen LogP contribution in [0.3, 0.4) is 0 Å². The normalized spacial score (nSPS) is 35.2. The predicted molar refractivity (Wildman–Crippen MR) is 89.1 cm³/mol.